The molecule has 0 aliphatic carbocycles. The maximum atomic E-state index is 6.37. The van der Waals surface area contributed by atoms with Crippen molar-refractivity contribution in [3.63, 3.8) is 0 Å². The molecule has 4 heterocycles. The highest BCUT2D eigenvalue weighted by Crippen LogP contribution is 2.29. The van der Waals surface area contributed by atoms with Gasteiger partial charge in [-0.05, 0) is 60.7 Å². The highest BCUT2D eigenvalue weighted by atomic mass is 35.5. The predicted octanol–water partition coefficient (Wildman–Crippen LogP) is 6.30. The number of aromatic nitrogens is 4. The molecular formula is C27H28ClN5O2. The summed E-state index contributed by atoms with van der Waals surface area (Å²) in [5.41, 5.74) is 4.07. The molecule has 0 spiro atoms. The zero-order valence-corrected chi connectivity index (χ0v) is 20.6. The third-order valence-electron chi connectivity index (χ3n) is 6.06. The van der Waals surface area contributed by atoms with Gasteiger partial charge in [0.05, 0.1) is 22.2 Å². The maximum Gasteiger partial charge on any atom is 0.165 e. The highest BCUT2D eigenvalue weighted by molar-refractivity contribution is 6.32. The van der Waals surface area contributed by atoms with Crippen LogP contribution in [0.4, 0.5) is 11.5 Å². The normalized spacial score (nSPS) is 14.5. The van der Waals surface area contributed by atoms with Crippen molar-refractivity contribution in [2.75, 3.05) is 18.5 Å². The van der Waals surface area contributed by atoms with Gasteiger partial charge < -0.3 is 14.8 Å². The molecule has 8 heteroatoms. The van der Waals surface area contributed by atoms with Gasteiger partial charge in [0.15, 0.2) is 11.5 Å². The first-order valence-electron chi connectivity index (χ1n) is 11.9. The van der Waals surface area contributed by atoms with Gasteiger partial charge in [-0.15, -0.1) is 0 Å². The number of nitrogens with zero attached hydrogens (tertiary/aromatic N) is 4. The van der Waals surface area contributed by atoms with E-state index in [0.717, 1.165) is 37.1 Å². The topological polar surface area (TPSA) is 82.1 Å². The average molecular weight is 490 g/mol. The molecule has 0 atom stereocenters. The van der Waals surface area contributed by atoms with Gasteiger partial charge in [-0.3, -0.25) is 4.98 Å². The number of halogens is 1. The van der Waals surface area contributed by atoms with Crippen molar-refractivity contribution in [3.8, 4) is 11.4 Å². The Morgan fingerprint density at radius 2 is 1.83 bits per heavy atom. The number of benzene rings is 1. The summed E-state index contributed by atoms with van der Waals surface area (Å²) in [5, 5.41) is 4.80. The minimum Gasteiger partial charge on any atom is -0.381 e. The van der Waals surface area contributed by atoms with E-state index in [9.17, 15) is 0 Å². The van der Waals surface area contributed by atoms with Gasteiger partial charge in [0.1, 0.15) is 18.1 Å². The zero-order valence-electron chi connectivity index (χ0n) is 19.9. The second-order valence-electron chi connectivity index (χ2n) is 8.91. The fourth-order valence-electron chi connectivity index (χ4n) is 4.04. The van der Waals surface area contributed by atoms with E-state index in [0.29, 0.717) is 46.2 Å². The summed E-state index contributed by atoms with van der Waals surface area (Å²) in [6.07, 6.45) is 3.60. The number of ether oxygens (including phenoxy) is 2. The van der Waals surface area contributed by atoms with Crippen LogP contribution in [-0.4, -0.2) is 39.3 Å². The Bertz CT molecular complexity index is 1310. The minimum absolute atomic E-state index is 0.148. The highest BCUT2D eigenvalue weighted by Gasteiger charge is 2.17. The van der Waals surface area contributed by atoms with Crippen LogP contribution in [0.1, 0.15) is 44.0 Å². The van der Waals surface area contributed by atoms with Crippen LogP contribution in [0.15, 0.2) is 54.7 Å². The summed E-state index contributed by atoms with van der Waals surface area (Å²) in [6.45, 7) is 6.11. The van der Waals surface area contributed by atoms with Crippen molar-refractivity contribution in [2.45, 2.75) is 45.3 Å². The summed E-state index contributed by atoms with van der Waals surface area (Å²) in [5.74, 6) is 1.73. The molecule has 35 heavy (non-hydrogen) atoms. The van der Waals surface area contributed by atoms with E-state index in [1.165, 1.54) is 5.56 Å². The van der Waals surface area contributed by atoms with Gasteiger partial charge >= 0.3 is 0 Å². The van der Waals surface area contributed by atoms with Gasteiger partial charge in [0.25, 0.3) is 0 Å². The van der Waals surface area contributed by atoms with Gasteiger partial charge in [0, 0.05) is 25.1 Å². The summed E-state index contributed by atoms with van der Waals surface area (Å²) in [6, 6.07) is 15.8. The molecule has 3 aromatic heterocycles. The number of fused-ring (bicyclic) bond motifs is 1. The fourth-order valence-corrected chi connectivity index (χ4v) is 4.26. The fraction of sp³-hybridized carbons (Fsp3) is 0.333. The first-order valence-corrected chi connectivity index (χ1v) is 12.3. The summed E-state index contributed by atoms with van der Waals surface area (Å²) < 4.78 is 11.5. The Hall–Kier alpha value is -3.13. The van der Waals surface area contributed by atoms with Crippen LogP contribution in [0.5, 0.6) is 0 Å². The van der Waals surface area contributed by atoms with Crippen molar-refractivity contribution in [1.29, 1.82) is 0 Å². The van der Waals surface area contributed by atoms with E-state index < -0.39 is 0 Å². The number of hydrogen-bond acceptors (Lipinski definition) is 7. The third kappa shape index (κ3) is 5.59. The van der Waals surface area contributed by atoms with Gasteiger partial charge in [0.2, 0.25) is 0 Å². The maximum absolute atomic E-state index is 6.37. The standard InChI is InChI=1S/C27H28ClN5O2/c1-17(2)18-5-7-19(8-6-18)30-26-21-9-10-23(25-22(28)4-3-13-29-25)31-27(21)33-24(32-26)16-35-20-11-14-34-15-12-20/h3-10,13,17,20H,11-12,14-16H2,1-2H3,(H,30,31,32,33). The molecule has 4 aromatic rings. The Morgan fingerprint density at radius 3 is 2.57 bits per heavy atom. The van der Waals surface area contributed by atoms with E-state index in [-0.39, 0.29) is 6.10 Å². The molecule has 1 saturated heterocycles. The van der Waals surface area contributed by atoms with Crippen molar-refractivity contribution < 1.29 is 9.47 Å². The molecule has 0 amide bonds. The molecule has 180 valence electrons. The van der Waals surface area contributed by atoms with Crippen LogP contribution in [-0.2, 0) is 16.1 Å². The Labute approximate surface area is 209 Å². The van der Waals surface area contributed by atoms with Crippen molar-refractivity contribution in [1.82, 2.24) is 19.9 Å². The summed E-state index contributed by atoms with van der Waals surface area (Å²) >= 11 is 6.37. The summed E-state index contributed by atoms with van der Waals surface area (Å²) in [4.78, 5) is 18.7. The molecule has 0 saturated carbocycles. The van der Waals surface area contributed by atoms with E-state index in [1.54, 1.807) is 18.3 Å². The number of rotatable bonds is 7. The largest absolute Gasteiger partial charge is 0.381 e. The minimum atomic E-state index is 0.148. The average Bonchev–Trinajstić information content (AvgIpc) is 2.88. The van der Waals surface area contributed by atoms with Crippen LogP contribution in [0.25, 0.3) is 22.4 Å². The van der Waals surface area contributed by atoms with Gasteiger partial charge in [-0.2, -0.15) is 0 Å². The summed E-state index contributed by atoms with van der Waals surface area (Å²) in [7, 11) is 0. The molecule has 1 fully saturated rings. The molecule has 1 N–H and O–H groups in total. The monoisotopic (exact) mass is 489 g/mol. The Morgan fingerprint density at radius 1 is 1.03 bits per heavy atom. The molecule has 5 rings (SSSR count). The second-order valence-corrected chi connectivity index (χ2v) is 9.32. The quantitative estimate of drug-likeness (QED) is 0.326. The lowest BCUT2D eigenvalue weighted by Crippen LogP contribution is -2.23. The lowest BCUT2D eigenvalue weighted by molar-refractivity contribution is -0.0408. The van der Waals surface area contributed by atoms with E-state index in [4.69, 9.17) is 36.0 Å². The molecule has 0 bridgehead atoms. The van der Waals surface area contributed by atoms with E-state index in [1.807, 2.05) is 12.1 Å². The number of hydrogen-bond donors (Lipinski definition) is 1. The number of pyridine rings is 2. The Balaban J connectivity index is 1.50. The number of nitrogens with one attached hydrogen (secondary N) is 1. The first kappa shape index (κ1) is 23.6. The van der Waals surface area contributed by atoms with Crippen molar-refractivity contribution in [3.05, 3.63) is 71.1 Å². The van der Waals surface area contributed by atoms with E-state index >= 15 is 0 Å². The van der Waals surface area contributed by atoms with Gasteiger partial charge in [-0.25, -0.2) is 15.0 Å². The molecule has 0 radical (unpaired) electrons. The number of anilines is 2. The third-order valence-corrected chi connectivity index (χ3v) is 6.37. The molecule has 1 aliphatic rings. The first-order chi connectivity index (χ1) is 17.1. The van der Waals surface area contributed by atoms with Crippen LogP contribution >= 0.6 is 11.6 Å². The van der Waals surface area contributed by atoms with Crippen LogP contribution < -0.4 is 5.32 Å². The van der Waals surface area contributed by atoms with Crippen LogP contribution in [0.2, 0.25) is 5.02 Å². The molecular weight excluding hydrogens is 462 g/mol. The molecule has 0 unspecified atom stereocenters. The second kappa shape index (κ2) is 10.6. The van der Waals surface area contributed by atoms with Gasteiger partial charge in [-0.1, -0.05) is 37.6 Å². The lowest BCUT2D eigenvalue weighted by atomic mass is 10.0. The lowest BCUT2D eigenvalue weighted by Gasteiger charge is -2.22. The van der Waals surface area contributed by atoms with Crippen molar-refractivity contribution in [2.24, 2.45) is 0 Å². The Kier molecular flexibility index (Phi) is 7.18. The molecule has 1 aliphatic heterocycles. The van der Waals surface area contributed by atoms with Crippen LogP contribution in [0.3, 0.4) is 0 Å². The smallest absolute Gasteiger partial charge is 0.165 e. The van der Waals surface area contributed by atoms with Crippen LogP contribution in [0, 0.1) is 0 Å². The molecule has 1 aromatic carbocycles. The van der Waals surface area contributed by atoms with E-state index in [2.05, 4.69) is 48.4 Å². The SMILES string of the molecule is CC(C)c1ccc(Nc2nc(COC3CCOCC3)nc3nc(-c4ncccc4Cl)ccc23)cc1. The predicted molar refractivity (Wildman–Crippen MR) is 138 cm³/mol. The zero-order chi connectivity index (χ0) is 24.2. The molecule has 7 nitrogen and oxygen atoms in total. The van der Waals surface area contributed by atoms with Crippen molar-refractivity contribution >= 4 is 34.1 Å².